The molecule has 0 N–H and O–H groups in total. The van der Waals surface area contributed by atoms with Gasteiger partial charge in [-0.1, -0.05) is 29.8 Å². The maximum atomic E-state index is 14.0. The van der Waals surface area contributed by atoms with E-state index < -0.39 is 0 Å². The van der Waals surface area contributed by atoms with Crippen LogP contribution in [-0.4, -0.2) is 24.3 Å². The first-order valence-electron chi connectivity index (χ1n) is 7.25. The van der Waals surface area contributed by atoms with Crippen LogP contribution >= 0.6 is 11.6 Å². The predicted molar refractivity (Wildman–Crippen MR) is 88.2 cm³/mol. The van der Waals surface area contributed by atoms with Crippen LogP contribution in [0.5, 0.6) is 0 Å². The zero-order valence-corrected chi connectivity index (χ0v) is 13.2. The van der Waals surface area contributed by atoms with Crippen molar-refractivity contribution in [1.82, 2.24) is 24.3 Å². The fourth-order valence-electron chi connectivity index (χ4n) is 2.51. The minimum atomic E-state index is -0.270. The molecule has 0 amide bonds. The van der Waals surface area contributed by atoms with Crippen LogP contribution in [0.2, 0.25) is 5.15 Å². The van der Waals surface area contributed by atoms with Crippen LogP contribution in [0.25, 0.3) is 17.2 Å². The molecule has 0 spiro atoms. The van der Waals surface area contributed by atoms with E-state index in [0.717, 1.165) is 0 Å². The average molecular weight is 340 g/mol. The first kappa shape index (κ1) is 14.7. The van der Waals surface area contributed by atoms with Crippen LogP contribution < -0.4 is 0 Å². The van der Waals surface area contributed by atoms with E-state index in [0.29, 0.717) is 40.0 Å². The van der Waals surface area contributed by atoms with Crippen molar-refractivity contribution in [3.05, 3.63) is 77.3 Å². The Morgan fingerprint density at radius 3 is 2.75 bits per heavy atom. The molecule has 0 aliphatic rings. The first-order valence-corrected chi connectivity index (χ1v) is 7.63. The summed E-state index contributed by atoms with van der Waals surface area (Å²) in [5.41, 5.74) is 2.42. The number of fused-ring (bicyclic) bond motifs is 1. The molecular weight excluding hydrogens is 329 g/mol. The number of hydrogen-bond acceptors (Lipinski definition) is 4. The normalized spacial score (nSPS) is 11.1. The van der Waals surface area contributed by atoms with Crippen molar-refractivity contribution < 1.29 is 4.39 Å². The maximum Gasteiger partial charge on any atom is 0.181 e. The molecule has 4 rings (SSSR count). The maximum absolute atomic E-state index is 14.0. The number of hydrogen-bond donors (Lipinski definition) is 0. The molecule has 4 aromatic rings. The van der Waals surface area contributed by atoms with Crippen LogP contribution in [0.1, 0.15) is 11.3 Å². The van der Waals surface area contributed by atoms with Crippen molar-refractivity contribution in [3.63, 3.8) is 0 Å². The number of benzene rings is 1. The SMILES string of the molecule is Fc1ccccc1Cc1nc(-c2nccc(Cl)n2)cn2ccnc12. The van der Waals surface area contributed by atoms with E-state index in [1.165, 1.54) is 6.07 Å². The van der Waals surface area contributed by atoms with Crippen LogP contribution in [0.4, 0.5) is 4.39 Å². The molecule has 24 heavy (non-hydrogen) atoms. The first-order chi connectivity index (χ1) is 11.7. The monoisotopic (exact) mass is 339 g/mol. The summed E-state index contributed by atoms with van der Waals surface area (Å²) >= 11 is 5.93. The third-order valence-corrected chi connectivity index (χ3v) is 3.82. The van der Waals surface area contributed by atoms with E-state index in [4.69, 9.17) is 11.6 Å². The molecule has 0 radical (unpaired) electrons. The Morgan fingerprint density at radius 2 is 1.92 bits per heavy atom. The zero-order valence-electron chi connectivity index (χ0n) is 12.4. The number of aromatic nitrogens is 5. The molecule has 3 heterocycles. The summed E-state index contributed by atoms with van der Waals surface area (Å²) in [4.78, 5) is 17.3. The summed E-state index contributed by atoms with van der Waals surface area (Å²) in [7, 11) is 0. The predicted octanol–water partition coefficient (Wildman–Crippen LogP) is 3.57. The van der Waals surface area contributed by atoms with E-state index in [1.807, 2.05) is 4.40 Å². The van der Waals surface area contributed by atoms with E-state index >= 15 is 0 Å². The summed E-state index contributed by atoms with van der Waals surface area (Å²) in [6, 6.07) is 8.22. The molecule has 0 fully saturated rings. The molecule has 0 bridgehead atoms. The largest absolute Gasteiger partial charge is 0.303 e. The van der Waals surface area contributed by atoms with E-state index in [-0.39, 0.29) is 5.82 Å². The van der Waals surface area contributed by atoms with Gasteiger partial charge in [0.25, 0.3) is 0 Å². The molecule has 0 atom stereocenters. The Bertz CT molecular complexity index is 1030. The highest BCUT2D eigenvalue weighted by Gasteiger charge is 2.13. The van der Waals surface area contributed by atoms with Crippen LogP contribution in [0.15, 0.2) is 55.1 Å². The number of nitrogens with zero attached hydrogens (tertiary/aromatic N) is 5. The Hall–Kier alpha value is -2.86. The summed E-state index contributed by atoms with van der Waals surface area (Å²) in [5, 5.41) is 0.336. The summed E-state index contributed by atoms with van der Waals surface area (Å²) in [6.45, 7) is 0. The summed E-state index contributed by atoms with van der Waals surface area (Å²) < 4.78 is 15.8. The van der Waals surface area contributed by atoms with Gasteiger partial charge in [-0.05, 0) is 17.7 Å². The van der Waals surface area contributed by atoms with Crippen LogP contribution in [0, 0.1) is 5.82 Å². The van der Waals surface area contributed by atoms with Gasteiger partial charge < -0.3 is 4.40 Å². The lowest BCUT2D eigenvalue weighted by Gasteiger charge is -2.08. The van der Waals surface area contributed by atoms with Crippen molar-refractivity contribution in [2.75, 3.05) is 0 Å². The second-order valence-corrected chi connectivity index (χ2v) is 5.59. The molecule has 7 heteroatoms. The van der Waals surface area contributed by atoms with Crippen molar-refractivity contribution in [3.8, 4) is 11.5 Å². The molecule has 0 aliphatic heterocycles. The fraction of sp³-hybridized carbons (Fsp3) is 0.0588. The van der Waals surface area contributed by atoms with Crippen molar-refractivity contribution >= 4 is 17.2 Å². The molecule has 5 nitrogen and oxygen atoms in total. The van der Waals surface area contributed by atoms with Gasteiger partial charge in [-0.2, -0.15) is 0 Å². The molecular formula is C17H11ClFN5. The number of halogens is 2. The summed E-state index contributed by atoms with van der Waals surface area (Å²) in [5.74, 6) is 0.140. The quantitative estimate of drug-likeness (QED) is 0.535. The van der Waals surface area contributed by atoms with Gasteiger partial charge in [-0.15, -0.1) is 0 Å². The average Bonchev–Trinajstić information content (AvgIpc) is 3.06. The Kier molecular flexibility index (Phi) is 3.66. The zero-order chi connectivity index (χ0) is 16.5. The smallest absolute Gasteiger partial charge is 0.181 e. The third-order valence-electron chi connectivity index (χ3n) is 3.61. The van der Waals surface area contributed by atoms with Crippen LogP contribution in [0.3, 0.4) is 0 Å². The fourth-order valence-corrected chi connectivity index (χ4v) is 2.64. The number of rotatable bonds is 3. The highest BCUT2D eigenvalue weighted by Crippen LogP contribution is 2.20. The lowest BCUT2D eigenvalue weighted by atomic mass is 10.1. The molecule has 3 aromatic heterocycles. The Balaban J connectivity index is 1.85. The molecule has 0 saturated carbocycles. The number of imidazole rings is 1. The lowest BCUT2D eigenvalue weighted by Crippen LogP contribution is -2.03. The van der Waals surface area contributed by atoms with Crippen LogP contribution in [-0.2, 0) is 6.42 Å². The van der Waals surface area contributed by atoms with Gasteiger partial charge in [0.05, 0.1) is 5.69 Å². The van der Waals surface area contributed by atoms with Gasteiger partial charge in [0, 0.05) is 31.2 Å². The van der Waals surface area contributed by atoms with E-state index in [1.54, 1.807) is 49.1 Å². The highest BCUT2D eigenvalue weighted by atomic mass is 35.5. The molecule has 0 unspecified atom stereocenters. The molecule has 118 valence electrons. The minimum Gasteiger partial charge on any atom is -0.303 e. The van der Waals surface area contributed by atoms with Gasteiger partial charge in [0.15, 0.2) is 11.5 Å². The van der Waals surface area contributed by atoms with Gasteiger partial charge >= 0.3 is 0 Å². The molecule has 0 saturated heterocycles. The van der Waals surface area contributed by atoms with Gasteiger partial charge in [0.2, 0.25) is 0 Å². The third kappa shape index (κ3) is 2.72. The van der Waals surface area contributed by atoms with Crippen molar-refractivity contribution in [2.24, 2.45) is 0 Å². The second-order valence-electron chi connectivity index (χ2n) is 5.20. The standard InChI is InChI=1S/C17H11ClFN5/c18-15-5-6-20-16(23-15)14-10-24-8-7-21-17(24)13(22-14)9-11-3-1-2-4-12(11)19/h1-8,10H,9H2. The van der Waals surface area contributed by atoms with Crippen molar-refractivity contribution in [2.45, 2.75) is 6.42 Å². The summed E-state index contributed by atoms with van der Waals surface area (Å²) in [6.07, 6.45) is 7.14. The second kappa shape index (κ2) is 5.98. The van der Waals surface area contributed by atoms with Gasteiger partial charge in [0.1, 0.15) is 16.7 Å². The topological polar surface area (TPSA) is 56.0 Å². The Morgan fingerprint density at radius 1 is 1.04 bits per heavy atom. The molecule has 1 aromatic carbocycles. The highest BCUT2D eigenvalue weighted by molar-refractivity contribution is 6.29. The van der Waals surface area contributed by atoms with E-state index in [2.05, 4.69) is 19.9 Å². The lowest BCUT2D eigenvalue weighted by molar-refractivity contribution is 0.613. The van der Waals surface area contributed by atoms with Crippen molar-refractivity contribution in [1.29, 1.82) is 0 Å². The molecule has 0 aliphatic carbocycles. The van der Waals surface area contributed by atoms with Gasteiger partial charge in [-0.3, -0.25) is 0 Å². The van der Waals surface area contributed by atoms with Gasteiger partial charge in [-0.25, -0.2) is 24.3 Å². The minimum absolute atomic E-state index is 0.270. The Labute approximate surface area is 141 Å². The van der Waals surface area contributed by atoms with E-state index in [9.17, 15) is 4.39 Å².